The summed E-state index contributed by atoms with van der Waals surface area (Å²) >= 11 is 5.98. The predicted molar refractivity (Wildman–Crippen MR) is 69.0 cm³/mol. The van der Waals surface area contributed by atoms with E-state index in [1.807, 2.05) is 25.1 Å². The zero-order chi connectivity index (χ0) is 12.2. The van der Waals surface area contributed by atoms with Crippen LogP contribution in [0.15, 0.2) is 18.2 Å². The average molecular weight is 262 g/mol. The van der Waals surface area contributed by atoms with Crippen LogP contribution >= 0.6 is 11.6 Å². The van der Waals surface area contributed by atoms with Gasteiger partial charge in [0.15, 0.2) is 0 Å². The summed E-state index contributed by atoms with van der Waals surface area (Å²) in [7, 11) is -2.87. The summed E-state index contributed by atoms with van der Waals surface area (Å²) < 4.78 is 21.8. The summed E-state index contributed by atoms with van der Waals surface area (Å²) in [5, 5.41) is 3.79. The lowest BCUT2D eigenvalue weighted by atomic mass is 10.2. The second-order valence-corrected chi connectivity index (χ2v) is 6.56. The third-order valence-electron chi connectivity index (χ3n) is 2.13. The molecule has 1 rings (SSSR count). The lowest BCUT2D eigenvalue weighted by Gasteiger charge is -2.08. The van der Waals surface area contributed by atoms with Crippen molar-refractivity contribution in [3.05, 3.63) is 28.8 Å². The number of rotatable bonds is 5. The first kappa shape index (κ1) is 13.3. The maximum absolute atomic E-state index is 10.9. The molecular formula is C11H16ClNO2S. The summed E-state index contributed by atoms with van der Waals surface area (Å²) in [6.45, 7) is 2.59. The van der Waals surface area contributed by atoms with Gasteiger partial charge in [0.2, 0.25) is 0 Å². The van der Waals surface area contributed by atoms with E-state index in [9.17, 15) is 8.42 Å². The molecule has 1 N–H and O–H groups in total. The number of benzene rings is 1. The van der Waals surface area contributed by atoms with Gasteiger partial charge in [0.05, 0.1) is 16.5 Å². The van der Waals surface area contributed by atoms with Gasteiger partial charge in [0, 0.05) is 12.8 Å². The Morgan fingerprint density at radius 2 is 2.06 bits per heavy atom. The molecule has 0 radical (unpaired) electrons. The number of aryl methyl sites for hydroxylation is 1. The molecule has 0 atom stereocenters. The number of hydrogen-bond donors (Lipinski definition) is 1. The first-order chi connectivity index (χ1) is 7.38. The predicted octanol–water partition coefficient (Wildman–Crippen LogP) is 2.50. The summed E-state index contributed by atoms with van der Waals surface area (Å²) in [6, 6.07) is 5.71. The molecule has 0 aliphatic carbocycles. The smallest absolute Gasteiger partial charge is 0.147 e. The topological polar surface area (TPSA) is 46.2 Å². The summed E-state index contributed by atoms with van der Waals surface area (Å²) in [5.74, 6) is 0.198. The summed E-state index contributed by atoms with van der Waals surface area (Å²) in [4.78, 5) is 0. The van der Waals surface area contributed by atoms with E-state index in [2.05, 4.69) is 5.32 Å². The van der Waals surface area contributed by atoms with Crippen LogP contribution in [0, 0.1) is 6.92 Å². The van der Waals surface area contributed by atoms with Gasteiger partial charge < -0.3 is 5.32 Å². The average Bonchev–Trinajstić information content (AvgIpc) is 2.16. The lowest BCUT2D eigenvalue weighted by Crippen LogP contribution is -2.09. The molecule has 1 aromatic rings. The van der Waals surface area contributed by atoms with Gasteiger partial charge in [-0.25, -0.2) is 8.42 Å². The Kier molecular flexibility index (Phi) is 4.62. The van der Waals surface area contributed by atoms with Crippen LogP contribution in [0.25, 0.3) is 0 Å². The van der Waals surface area contributed by atoms with E-state index in [0.717, 1.165) is 11.3 Å². The van der Waals surface area contributed by atoms with Gasteiger partial charge in [-0.3, -0.25) is 0 Å². The second kappa shape index (κ2) is 5.55. The molecule has 90 valence electrons. The highest BCUT2D eigenvalue weighted by Crippen LogP contribution is 2.22. The van der Waals surface area contributed by atoms with Crippen LogP contribution in [0.4, 0.5) is 5.69 Å². The third kappa shape index (κ3) is 4.86. The van der Waals surface area contributed by atoms with E-state index in [1.54, 1.807) is 0 Å². The zero-order valence-corrected chi connectivity index (χ0v) is 11.0. The Balaban J connectivity index is 2.46. The van der Waals surface area contributed by atoms with E-state index in [1.165, 1.54) is 6.26 Å². The first-order valence-corrected chi connectivity index (χ1v) is 7.50. The minimum absolute atomic E-state index is 0.198. The molecule has 0 heterocycles. The van der Waals surface area contributed by atoms with Gasteiger partial charge in [-0.15, -0.1) is 0 Å². The van der Waals surface area contributed by atoms with Gasteiger partial charge in [0.1, 0.15) is 9.84 Å². The molecule has 0 aliphatic rings. The maximum atomic E-state index is 10.9. The molecular weight excluding hydrogens is 246 g/mol. The van der Waals surface area contributed by atoms with Gasteiger partial charge in [-0.2, -0.15) is 0 Å². The molecule has 0 unspecified atom stereocenters. The number of halogens is 1. The molecule has 0 aromatic heterocycles. The fourth-order valence-corrected chi connectivity index (χ4v) is 2.19. The quantitative estimate of drug-likeness (QED) is 0.829. The minimum Gasteiger partial charge on any atom is -0.384 e. The van der Waals surface area contributed by atoms with E-state index in [0.29, 0.717) is 18.0 Å². The van der Waals surface area contributed by atoms with Crippen LogP contribution in [0.1, 0.15) is 12.0 Å². The van der Waals surface area contributed by atoms with Gasteiger partial charge >= 0.3 is 0 Å². The first-order valence-electron chi connectivity index (χ1n) is 5.06. The van der Waals surface area contributed by atoms with Crippen LogP contribution in [-0.4, -0.2) is 27.0 Å². The summed E-state index contributed by atoms with van der Waals surface area (Å²) in [6.07, 6.45) is 1.83. The summed E-state index contributed by atoms with van der Waals surface area (Å²) in [5.41, 5.74) is 1.98. The second-order valence-electron chi connectivity index (χ2n) is 3.89. The highest BCUT2D eigenvalue weighted by atomic mass is 35.5. The van der Waals surface area contributed by atoms with Crippen LogP contribution in [-0.2, 0) is 9.84 Å². The van der Waals surface area contributed by atoms with Gasteiger partial charge in [-0.05, 0) is 31.0 Å². The Morgan fingerprint density at radius 1 is 1.38 bits per heavy atom. The minimum atomic E-state index is -2.87. The van der Waals surface area contributed by atoms with Crippen molar-refractivity contribution < 1.29 is 8.42 Å². The molecule has 5 heteroatoms. The lowest BCUT2D eigenvalue weighted by molar-refractivity contribution is 0.600. The molecule has 0 saturated heterocycles. The molecule has 0 aliphatic heterocycles. The van der Waals surface area contributed by atoms with E-state index >= 15 is 0 Å². The van der Waals surface area contributed by atoms with Gasteiger partial charge in [-0.1, -0.05) is 17.7 Å². The molecule has 0 bridgehead atoms. The fraction of sp³-hybridized carbons (Fsp3) is 0.455. The number of nitrogens with one attached hydrogen (secondary N) is 1. The van der Waals surface area contributed by atoms with Crippen LogP contribution < -0.4 is 5.32 Å². The van der Waals surface area contributed by atoms with Gasteiger partial charge in [0.25, 0.3) is 0 Å². The van der Waals surface area contributed by atoms with E-state index in [4.69, 9.17) is 11.6 Å². The highest BCUT2D eigenvalue weighted by molar-refractivity contribution is 7.90. The largest absolute Gasteiger partial charge is 0.384 e. The molecule has 0 spiro atoms. The van der Waals surface area contributed by atoms with Crippen molar-refractivity contribution >= 4 is 27.1 Å². The molecule has 16 heavy (non-hydrogen) atoms. The van der Waals surface area contributed by atoms with E-state index < -0.39 is 9.84 Å². The van der Waals surface area contributed by atoms with Crippen LogP contribution in [0.5, 0.6) is 0 Å². The fourth-order valence-electron chi connectivity index (χ4n) is 1.33. The van der Waals surface area contributed by atoms with Crippen molar-refractivity contribution in [3.63, 3.8) is 0 Å². The number of sulfone groups is 1. The Labute approximate surface area is 102 Å². The van der Waals surface area contributed by atoms with Crippen LogP contribution in [0.2, 0.25) is 5.02 Å². The van der Waals surface area contributed by atoms with Crippen molar-refractivity contribution in [2.75, 3.05) is 23.9 Å². The maximum Gasteiger partial charge on any atom is 0.147 e. The van der Waals surface area contributed by atoms with Crippen molar-refractivity contribution in [3.8, 4) is 0 Å². The Bertz CT molecular complexity index is 457. The monoisotopic (exact) mass is 261 g/mol. The normalized spacial score (nSPS) is 11.4. The van der Waals surface area contributed by atoms with Crippen molar-refractivity contribution in [2.45, 2.75) is 13.3 Å². The van der Waals surface area contributed by atoms with Crippen molar-refractivity contribution in [1.29, 1.82) is 0 Å². The standard InChI is InChI=1S/C11H16ClNO2S/c1-9-4-5-10(12)11(8-9)13-6-3-7-16(2,14)15/h4-5,8,13H,3,6-7H2,1-2H3. The molecule has 0 amide bonds. The van der Waals surface area contributed by atoms with Crippen LogP contribution in [0.3, 0.4) is 0 Å². The SMILES string of the molecule is Cc1ccc(Cl)c(NCCCS(C)(=O)=O)c1. The molecule has 0 saturated carbocycles. The van der Waals surface area contributed by atoms with Crippen molar-refractivity contribution in [2.24, 2.45) is 0 Å². The van der Waals surface area contributed by atoms with Crippen molar-refractivity contribution in [1.82, 2.24) is 0 Å². The Hall–Kier alpha value is -0.740. The molecule has 3 nitrogen and oxygen atoms in total. The number of hydrogen-bond acceptors (Lipinski definition) is 3. The molecule has 0 fully saturated rings. The number of anilines is 1. The highest BCUT2D eigenvalue weighted by Gasteiger charge is 2.02. The van der Waals surface area contributed by atoms with E-state index in [-0.39, 0.29) is 5.75 Å². The third-order valence-corrected chi connectivity index (χ3v) is 3.49. The molecule has 1 aromatic carbocycles. The zero-order valence-electron chi connectivity index (χ0n) is 9.46. The Morgan fingerprint density at radius 3 is 2.69 bits per heavy atom.